The molecule has 0 radical (unpaired) electrons. The van der Waals surface area contributed by atoms with Gasteiger partial charge in [0.15, 0.2) is 6.20 Å². The van der Waals surface area contributed by atoms with Crippen LogP contribution in [0.3, 0.4) is 0 Å². The maximum Gasteiger partial charge on any atom is 0.227 e. The predicted octanol–water partition coefficient (Wildman–Crippen LogP) is 7.37. The lowest BCUT2D eigenvalue weighted by Gasteiger charge is -2.21. The van der Waals surface area contributed by atoms with Crippen LogP contribution in [0.2, 0.25) is 0 Å². The summed E-state index contributed by atoms with van der Waals surface area (Å²) in [6.07, 6.45) is 6.03. The number of rotatable bonds is 3. The molecule has 0 spiro atoms. The first kappa shape index (κ1) is 18.3. The molecule has 0 amide bonds. The molecule has 0 bridgehead atoms. The van der Waals surface area contributed by atoms with E-state index in [0.29, 0.717) is 5.71 Å². The molecule has 0 aliphatic heterocycles. The molecule has 6 rings (SSSR count). The molecular formula is C30H31N2O+. The normalized spacial score (nSPS) is 16.5. The number of hydrogen-bond donors (Lipinski definition) is 0. The zero-order valence-electron chi connectivity index (χ0n) is 21.6. The van der Waals surface area contributed by atoms with Crippen molar-refractivity contribution in [3.05, 3.63) is 71.5 Å². The van der Waals surface area contributed by atoms with Crippen molar-refractivity contribution in [1.82, 2.24) is 4.98 Å². The van der Waals surface area contributed by atoms with Crippen LogP contribution in [0, 0.1) is 19.8 Å². The lowest BCUT2D eigenvalue weighted by molar-refractivity contribution is -0.660. The fourth-order valence-corrected chi connectivity index (χ4v) is 5.55. The monoisotopic (exact) mass is 437 g/mol. The van der Waals surface area contributed by atoms with Gasteiger partial charge in [0.2, 0.25) is 11.4 Å². The van der Waals surface area contributed by atoms with Crippen molar-refractivity contribution in [2.45, 2.75) is 52.3 Å². The van der Waals surface area contributed by atoms with Gasteiger partial charge in [-0.1, -0.05) is 56.4 Å². The molecule has 0 N–H and O–H groups in total. The van der Waals surface area contributed by atoms with E-state index < -0.39 is 6.37 Å². The minimum Gasteiger partial charge on any atom is -0.437 e. The van der Waals surface area contributed by atoms with Crippen molar-refractivity contribution in [2.24, 2.45) is 13.0 Å². The van der Waals surface area contributed by atoms with Crippen LogP contribution < -0.4 is 4.57 Å². The Morgan fingerprint density at radius 2 is 1.79 bits per heavy atom. The molecule has 1 fully saturated rings. The second-order valence-electron chi connectivity index (χ2n) is 9.55. The van der Waals surface area contributed by atoms with Gasteiger partial charge in [-0.3, -0.25) is 0 Å². The Bertz CT molecular complexity index is 1600. The summed E-state index contributed by atoms with van der Waals surface area (Å²) in [7, 11) is 2.04. The summed E-state index contributed by atoms with van der Waals surface area (Å²) in [5.41, 5.74) is 6.43. The van der Waals surface area contributed by atoms with Gasteiger partial charge in [0.25, 0.3) is 0 Å². The number of fused-ring (bicyclic) bond motifs is 5. The lowest BCUT2D eigenvalue weighted by Crippen LogP contribution is -2.31. The molecule has 1 aliphatic carbocycles. The Labute approximate surface area is 197 Å². The summed E-state index contributed by atoms with van der Waals surface area (Å²) in [6.45, 7) is 4.15. The molecule has 3 aromatic heterocycles. The van der Waals surface area contributed by atoms with E-state index in [1.54, 1.807) is 0 Å². The Balaban J connectivity index is 1.67. The van der Waals surface area contributed by atoms with Gasteiger partial charge in [0, 0.05) is 36.7 Å². The van der Waals surface area contributed by atoms with Crippen LogP contribution in [-0.4, -0.2) is 4.98 Å². The topological polar surface area (TPSA) is 29.9 Å². The average Bonchev–Trinajstić information content (AvgIpc) is 3.24. The zero-order valence-corrected chi connectivity index (χ0v) is 19.6. The molecule has 0 unspecified atom stereocenters. The van der Waals surface area contributed by atoms with Gasteiger partial charge in [0.05, 0.1) is 5.56 Å². The van der Waals surface area contributed by atoms with E-state index in [2.05, 4.69) is 41.8 Å². The van der Waals surface area contributed by atoms with Crippen LogP contribution >= 0.6 is 0 Å². The van der Waals surface area contributed by atoms with Gasteiger partial charge in [-0.2, -0.15) is 0 Å². The van der Waals surface area contributed by atoms with Crippen molar-refractivity contribution in [3.63, 3.8) is 0 Å². The summed E-state index contributed by atoms with van der Waals surface area (Å²) in [6, 6.07) is 16.5. The third-order valence-corrected chi connectivity index (χ3v) is 7.28. The van der Waals surface area contributed by atoms with Crippen molar-refractivity contribution < 1.29 is 11.7 Å². The van der Waals surface area contributed by atoms with Crippen LogP contribution in [0.4, 0.5) is 0 Å². The highest BCUT2D eigenvalue weighted by Crippen LogP contribution is 2.42. The van der Waals surface area contributed by atoms with Crippen molar-refractivity contribution in [3.8, 4) is 11.3 Å². The summed E-state index contributed by atoms with van der Waals surface area (Å²) in [4.78, 5) is 4.69. The van der Waals surface area contributed by atoms with Crippen molar-refractivity contribution in [1.29, 1.82) is 0 Å². The highest BCUT2D eigenvalue weighted by Gasteiger charge is 2.25. The van der Waals surface area contributed by atoms with E-state index in [4.69, 9.17) is 12.1 Å². The summed E-state index contributed by atoms with van der Waals surface area (Å²) < 4.78 is 26.7. The molecule has 3 nitrogen and oxygen atoms in total. The summed E-state index contributed by atoms with van der Waals surface area (Å²) >= 11 is 0. The maximum atomic E-state index is 9.09. The molecule has 5 aromatic rings. The minimum atomic E-state index is -1.36. The SMILES string of the molecule is [2H]C([2H])(c1cc[n+](C)c(-c2c(C)c3ccccc3c3oc4nc(C)ccc4c23)c1)C1CCCCC1. The maximum absolute atomic E-state index is 9.09. The standard InChI is InChI=1S/C30H31N2O/c1-19-13-14-25-28-27(20(2)23-11-7-8-12-24(23)29(28)33-30(25)31-19)26-18-22(15-16-32(26)3)17-21-9-5-4-6-10-21/h7-8,11-16,18,21H,4-6,9-10,17H2,1-3H3/q+1/i17D2. The quantitative estimate of drug-likeness (QED) is 0.276. The fraction of sp³-hybridized carbons (Fsp3) is 0.333. The number of aryl methyl sites for hydroxylation is 3. The third-order valence-electron chi connectivity index (χ3n) is 7.28. The van der Waals surface area contributed by atoms with Crippen LogP contribution in [0.5, 0.6) is 0 Å². The Hall–Kier alpha value is -3.20. The molecule has 0 atom stereocenters. The Kier molecular flexibility index (Phi) is 4.42. The highest BCUT2D eigenvalue weighted by molar-refractivity contribution is 6.21. The molecule has 2 aromatic carbocycles. The molecule has 0 saturated heterocycles. The first-order valence-corrected chi connectivity index (χ1v) is 12.1. The van der Waals surface area contributed by atoms with Crippen LogP contribution in [0.15, 0.2) is 59.1 Å². The van der Waals surface area contributed by atoms with E-state index in [0.717, 1.165) is 75.3 Å². The molecule has 33 heavy (non-hydrogen) atoms. The molecule has 1 aliphatic rings. The van der Waals surface area contributed by atoms with Crippen molar-refractivity contribution in [2.75, 3.05) is 0 Å². The molecule has 1 saturated carbocycles. The van der Waals surface area contributed by atoms with Crippen LogP contribution in [0.1, 0.15) is 51.7 Å². The highest BCUT2D eigenvalue weighted by atomic mass is 16.3. The van der Waals surface area contributed by atoms with Gasteiger partial charge >= 0.3 is 0 Å². The largest absolute Gasteiger partial charge is 0.437 e. The van der Waals surface area contributed by atoms with Crippen LogP contribution in [0.25, 0.3) is 44.1 Å². The fourth-order valence-electron chi connectivity index (χ4n) is 5.55. The van der Waals surface area contributed by atoms with E-state index in [1.807, 2.05) is 38.4 Å². The number of pyridine rings is 2. The number of nitrogens with zero attached hydrogens (tertiary/aromatic N) is 2. The van der Waals surface area contributed by atoms with Crippen molar-refractivity contribution >= 4 is 32.8 Å². The predicted molar refractivity (Wildman–Crippen MR) is 135 cm³/mol. The van der Waals surface area contributed by atoms with Gasteiger partial charge in [-0.25, -0.2) is 9.55 Å². The molecule has 3 heterocycles. The van der Waals surface area contributed by atoms with E-state index in [9.17, 15) is 0 Å². The Morgan fingerprint density at radius 3 is 2.61 bits per heavy atom. The second-order valence-corrected chi connectivity index (χ2v) is 9.55. The van der Waals surface area contributed by atoms with E-state index >= 15 is 0 Å². The molecule has 3 heteroatoms. The van der Waals surface area contributed by atoms with Gasteiger partial charge in [-0.05, 0) is 54.8 Å². The second kappa shape index (κ2) is 7.98. The zero-order chi connectivity index (χ0) is 24.3. The number of aromatic nitrogens is 2. The number of benzene rings is 2. The lowest BCUT2D eigenvalue weighted by atomic mass is 9.84. The smallest absolute Gasteiger partial charge is 0.227 e. The van der Waals surface area contributed by atoms with Gasteiger partial charge in [-0.15, -0.1) is 0 Å². The van der Waals surface area contributed by atoms with E-state index in [-0.39, 0.29) is 5.92 Å². The summed E-state index contributed by atoms with van der Waals surface area (Å²) in [5, 5.41) is 4.27. The van der Waals surface area contributed by atoms with Gasteiger partial charge in [0.1, 0.15) is 12.6 Å². The van der Waals surface area contributed by atoms with Crippen LogP contribution in [-0.2, 0) is 13.4 Å². The third kappa shape index (κ3) is 3.42. The van der Waals surface area contributed by atoms with Gasteiger partial charge < -0.3 is 4.42 Å². The molecule has 166 valence electrons. The summed E-state index contributed by atoms with van der Waals surface area (Å²) in [5.74, 6) is 0.0662. The van der Waals surface area contributed by atoms with E-state index in [1.165, 1.54) is 12.0 Å². The number of hydrogen-bond acceptors (Lipinski definition) is 2. The Morgan fingerprint density at radius 1 is 1.00 bits per heavy atom. The first-order valence-electron chi connectivity index (χ1n) is 13.1. The number of furan rings is 1. The average molecular weight is 438 g/mol. The first-order chi connectivity index (χ1) is 16.9. The minimum absolute atomic E-state index is 0.0662. The molecular weight excluding hydrogens is 404 g/mol.